The second-order valence-electron chi connectivity index (χ2n) is 7.38. The average molecular weight is 238 g/mol. The number of nitrogens with one attached hydrogen (secondary N) is 1. The minimum Gasteiger partial charge on any atom is -0.317 e. The summed E-state index contributed by atoms with van der Waals surface area (Å²) < 4.78 is 0. The zero-order valence-corrected chi connectivity index (χ0v) is 12.0. The highest BCUT2D eigenvalue weighted by Crippen LogP contribution is 2.29. The fraction of sp³-hybridized carbons (Fsp3) is 1.00. The Kier molecular flexibility index (Phi) is 4.48. The Morgan fingerprint density at radius 3 is 2.41 bits per heavy atom. The molecule has 0 bridgehead atoms. The van der Waals surface area contributed by atoms with Crippen molar-refractivity contribution >= 4 is 0 Å². The molecule has 100 valence electrons. The second kappa shape index (κ2) is 5.71. The minimum atomic E-state index is 0.462. The number of piperidine rings is 1. The van der Waals surface area contributed by atoms with E-state index < -0.39 is 0 Å². The molecule has 1 atom stereocenters. The predicted octanol–water partition coefficient (Wildman–Crippen LogP) is 2.74. The average Bonchev–Trinajstić information content (AvgIpc) is 2.64. The van der Waals surface area contributed by atoms with Crippen molar-refractivity contribution < 1.29 is 0 Å². The third-order valence-corrected chi connectivity index (χ3v) is 4.19. The number of hydrogen-bond donors (Lipinski definition) is 1. The number of hydrogen-bond acceptors (Lipinski definition) is 2. The van der Waals surface area contributed by atoms with E-state index in [0.29, 0.717) is 5.41 Å². The summed E-state index contributed by atoms with van der Waals surface area (Å²) in [4.78, 5) is 2.69. The minimum absolute atomic E-state index is 0.462. The van der Waals surface area contributed by atoms with E-state index in [0.717, 1.165) is 11.8 Å². The molecule has 0 aliphatic carbocycles. The first-order valence-electron chi connectivity index (χ1n) is 7.46. The highest BCUT2D eigenvalue weighted by Gasteiger charge is 2.28. The number of likely N-dealkylation sites (tertiary alicyclic amines) is 1. The first kappa shape index (κ1) is 13.4. The van der Waals surface area contributed by atoms with Gasteiger partial charge in [0.05, 0.1) is 0 Å². The van der Waals surface area contributed by atoms with Crippen molar-refractivity contribution in [2.24, 2.45) is 17.3 Å². The Hall–Kier alpha value is -0.0800. The topological polar surface area (TPSA) is 15.3 Å². The quantitative estimate of drug-likeness (QED) is 0.813. The summed E-state index contributed by atoms with van der Waals surface area (Å²) in [6, 6.07) is 0. The van der Waals surface area contributed by atoms with E-state index in [1.165, 1.54) is 58.4 Å². The molecule has 2 saturated heterocycles. The summed E-state index contributed by atoms with van der Waals surface area (Å²) in [7, 11) is 0. The standard InChI is InChI=1S/C15H30N2/c1-15(2,3)12-17-9-6-14(11-17)10-13-4-7-16-8-5-13/h13-14,16H,4-12H2,1-3H3/t14-/m0/s1. The van der Waals surface area contributed by atoms with Gasteiger partial charge in [-0.3, -0.25) is 0 Å². The van der Waals surface area contributed by atoms with Crippen LogP contribution in [0.2, 0.25) is 0 Å². The molecule has 2 aliphatic rings. The smallest absolute Gasteiger partial charge is 0.00302 e. The van der Waals surface area contributed by atoms with Gasteiger partial charge in [0.15, 0.2) is 0 Å². The van der Waals surface area contributed by atoms with Gasteiger partial charge in [-0.1, -0.05) is 20.8 Å². The number of nitrogens with zero attached hydrogens (tertiary/aromatic N) is 1. The van der Waals surface area contributed by atoms with Crippen LogP contribution in [0.25, 0.3) is 0 Å². The summed E-state index contributed by atoms with van der Waals surface area (Å²) in [6.45, 7) is 13.5. The van der Waals surface area contributed by atoms with Crippen molar-refractivity contribution in [1.82, 2.24) is 10.2 Å². The van der Waals surface area contributed by atoms with Crippen LogP contribution in [-0.4, -0.2) is 37.6 Å². The van der Waals surface area contributed by atoms with Crippen LogP contribution in [-0.2, 0) is 0 Å². The van der Waals surface area contributed by atoms with Crippen LogP contribution < -0.4 is 5.32 Å². The van der Waals surface area contributed by atoms with Crippen molar-refractivity contribution in [2.75, 3.05) is 32.7 Å². The van der Waals surface area contributed by atoms with Gasteiger partial charge in [-0.2, -0.15) is 0 Å². The zero-order chi connectivity index (χ0) is 12.3. The molecule has 0 unspecified atom stereocenters. The Morgan fingerprint density at radius 1 is 1.06 bits per heavy atom. The Bertz CT molecular complexity index is 226. The van der Waals surface area contributed by atoms with E-state index in [1.54, 1.807) is 0 Å². The van der Waals surface area contributed by atoms with Crippen LogP contribution in [0.5, 0.6) is 0 Å². The van der Waals surface area contributed by atoms with Crippen molar-refractivity contribution in [3.63, 3.8) is 0 Å². The monoisotopic (exact) mass is 238 g/mol. The fourth-order valence-electron chi connectivity index (χ4n) is 3.51. The maximum Gasteiger partial charge on any atom is 0.00302 e. The molecule has 2 nitrogen and oxygen atoms in total. The zero-order valence-electron chi connectivity index (χ0n) is 12.0. The lowest BCUT2D eigenvalue weighted by Crippen LogP contribution is -2.32. The van der Waals surface area contributed by atoms with E-state index in [9.17, 15) is 0 Å². The van der Waals surface area contributed by atoms with Gasteiger partial charge in [0.2, 0.25) is 0 Å². The molecule has 0 aromatic carbocycles. The summed E-state index contributed by atoms with van der Waals surface area (Å²) in [5, 5.41) is 3.47. The van der Waals surface area contributed by atoms with Crippen LogP contribution in [0, 0.1) is 17.3 Å². The van der Waals surface area contributed by atoms with Gasteiger partial charge in [0.1, 0.15) is 0 Å². The summed E-state index contributed by atoms with van der Waals surface area (Å²) >= 11 is 0. The molecule has 1 N–H and O–H groups in total. The predicted molar refractivity (Wildman–Crippen MR) is 74.2 cm³/mol. The molecule has 2 aliphatic heterocycles. The van der Waals surface area contributed by atoms with Crippen LogP contribution in [0.15, 0.2) is 0 Å². The van der Waals surface area contributed by atoms with Crippen LogP contribution >= 0.6 is 0 Å². The molecule has 0 spiro atoms. The molecule has 2 fully saturated rings. The molecule has 2 rings (SSSR count). The van der Waals surface area contributed by atoms with Gasteiger partial charge in [-0.15, -0.1) is 0 Å². The molecular formula is C15H30N2. The lowest BCUT2D eigenvalue weighted by Gasteiger charge is -2.27. The van der Waals surface area contributed by atoms with Gasteiger partial charge in [0.25, 0.3) is 0 Å². The highest BCUT2D eigenvalue weighted by molar-refractivity contribution is 4.82. The Labute approximate surface area is 107 Å². The van der Waals surface area contributed by atoms with Gasteiger partial charge < -0.3 is 10.2 Å². The lowest BCUT2D eigenvalue weighted by molar-refractivity contribution is 0.213. The highest BCUT2D eigenvalue weighted by atomic mass is 15.1. The van der Waals surface area contributed by atoms with Gasteiger partial charge in [0, 0.05) is 13.1 Å². The van der Waals surface area contributed by atoms with Crippen molar-refractivity contribution in [1.29, 1.82) is 0 Å². The molecule has 2 heteroatoms. The summed E-state index contributed by atoms with van der Waals surface area (Å²) in [5.74, 6) is 2.00. The SMILES string of the molecule is CC(C)(C)CN1CC[C@@H](CC2CCNCC2)C1. The van der Waals surface area contributed by atoms with E-state index in [4.69, 9.17) is 0 Å². The van der Waals surface area contributed by atoms with Crippen LogP contribution in [0.3, 0.4) is 0 Å². The summed E-state index contributed by atoms with van der Waals surface area (Å²) in [6.07, 6.45) is 5.76. The molecule has 0 amide bonds. The normalized spacial score (nSPS) is 28.8. The molecule has 17 heavy (non-hydrogen) atoms. The van der Waals surface area contributed by atoms with Crippen molar-refractivity contribution in [3.05, 3.63) is 0 Å². The molecule has 0 aromatic rings. The van der Waals surface area contributed by atoms with Gasteiger partial charge in [-0.05, 0) is 62.6 Å². The third-order valence-electron chi connectivity index (χ3n) is 4.19. The first-order valence-corrected chi connectivity index (χ1v) is 7.46. The Morgan fingerprint density at radius 2 is 1.76 bits per heavy atom. The van der Waals surface area contributed by atoms with Crippen molar-refractivity contribution in [3.8, 4) is 0 Å². The van der Waals surface area contributed by atoms with Crippen LogP contribution in [0.4, 0.5) is 0 Å². The molecule has 0 saturated carbocycles. The lowest BCUT2D eigenvalue weighted by atomic mass is 9.87. The van der Waals surface area contributed by atoms with E-state index in [-0.39, 0.29) is 0 Å². The van der Waals surface area contributed by atoms with E-state index in [1.807, 2.05) is 0 Å². The Balaban J connectivity index is 1.70. The van der Waals surface area contributed by atoms with Gasteiger partial charge >= 0.3 is 0 Å². The van der Waals surface area contributed by atoms with E-state index >= 15 is 0 Å². The molecular weight excluding hydrogens is 208 g/mol. The fourth-order valence-corrected chi connectivity index (χ4v) is 3.51. The molecule has 0 radical (unpaired) electrons. The second-order valence-corrected chi connectivity index (χ2v) is 7.38. The molecule has 2 heterocycles. The first-order chi connectivity index (χ1) is 8.03. The maximum atomic E-state index is 3.47. The van der Waals surface area contributed by atoms with Crippen LogP contribution in [0.1, 0.15) is 46.5 Å². The van der Waals surface area contributed by atoms with Crippen molar-refractivity contribution in [2.45, 2.75) is 46.5 Å². The van der Waals surface area contributed by atoms with Gasteiger partial charge in [-0.25, -0.2) is 0 Å². The number of rotatable bonds is 3. The molecule has 0 aromatic heterocycles. The summed E-state index contributed by atoms with van der Waals surface area (Å²) in [5.41, 5.74) is 0.462. The third kappa shape index (κ3) is 4.59. The maximum absolute atomic E-state index is 3.47. The van der Waals surface area contributed by atoms with E-state index in [2.05, 4.69) is 31.0 Å². The largest absolute Gasteiger partial charge is 0.317 e.